The molecule has 3 rings (SSSR count). The van der Waals surface area contributed by atoms with Gasteiger partial charge in [-0.15, -0.1) is 0 Å². The molecule has 0 atom stereocenters. The highest BCUT2D eigenvalue weighted by atomic mass is 16.5. The van der Waals surface area contributed by atoms with E-state index in [1.807, 2.05) is 19.2 Å². The van der Waals surface area contributed by atoms with E-state index in [4.69, 9.17) is 4.74 Å². The van der Waals surface area contributed by atoms with Crippen molar-refractivity contribution in [1.29, 1.82) is 0 Å². The Labute approximate surface area is 155 Å². The first-order valence-electron chi connectivity index (χ1n) is 9.06. The van der Waals surface area contributed by atoms with Crippen molar-refractivity contribution in [2.75, 3.05) is 51.3 Å². The normalized spacial score (nSPS) is 15.1. The molecule has 138 valence electrons. The molecule has 0 spiro atoms. The third-order valence-electron chi connectivity index (χ3n) is 4.45. The zero-order chi connectivity index (χ0) is 18.2. The van der Waals surface area contributed by atoms with Gasteiger partial charge in [0.15, 0.2) is 5.96 Å². The summed E-state index contributed by atoms with van der Waals surface area (Å²) in [6.45, 7) is 7.33. The van der Waals surface area contributed by atoms with Crippen LogP contribution in [0.25, 0.3) is 0 Å². The van der Waals surface area contributed by atoms with Gasteiger partial charge in [-0.3, -0.25) is 9.98 Å². The lowest BCUT2D eigenvalue weighted by molar-refractivity contribution is 0.314. The molecule has 0 aliphatic carbocycles. The molecule has 2 heterocycles. The highest BCUT2D eigenvalue weighted by molar-refractivity contribution is 5.80. The molecule has 0 unspecified atom stereocenters. The zero-order valence-corrected chi connectivity index (χ0v) is 15.6. The monoisotopic (exact) mass is 353 g/mol. The van der Waals surface area contributed by atoms with Gasteiger partial charge in [0.05, 0.1) is 12.7 Å². The Kier molecular flexibility index (Phi) is 6.30. The van der Waals surface area contributed by atoms with Gasteiger partial charge in [-0.1, -0.05) is 12.1 Å². The van der Waals surface area contributed by atoms with Crippen molar-refractivity contribution >= 4 is 11.6 Å². The molecule has 1 saturated heterocycles. The van der Waals surface area contributed by atoms with Gasteiger partial charge < -0.3 is 19.9 Å². The molecule has 0 bridgehead atoms. The van der Waals surface area contributed by atoms with E-state index in [2.05, 4.69) is 56.3 Å². The van der Waals surface area contributed by atoms with Crippen molar-refractivity contribution in [3.63, 3.8) is 0 Å². The number of hydrogen-bond donors (Lipinski definition) is 1. The minimum atomic E-state index is 0.577. The van der Waals surface area contributed by atoms with Gasteiger partial charge in [-0.2, -0.15) is 0 Å². The first-order chi connectivity index (χ1) is 12.8. The number of aromatic nitrogens is 1. The van der Waals surface area contributed by atoms with Gasteiger partial charge in [0, 0.05) is 45.1 Å². The molecule has 1 aliphatic rings. The molecule has 1 aromatic carbocycles. The summed E-state index contributed by atoms with van der Waals surface area (Å²) in [5, 5.41) is 3.39. The fourth-order valence-electron chi connectivity index (χ4n) is 3.10. The number of pyridine rings is 1. The number of anilines is 1. The van der Waals surface area contributed by atoms with Gasteiger partial charge in [-0.05, 0) is 36.8 Å². The van der Waals surface area contributed by atoms with Gasteiger partial charge in [0.25, 0.3) is 0 Å². The Morgan fingerprint density at radius 1 is 1.19 bits per heavy atom. The molecule has 26 heavy (non-hydrogen) atoms. The minimum Gasteiger partial charge on any atom is -0.490 e. The van der Waals surface area contributed by atoms with Gasteiger partial charge in [0.1, 0.15) is 12.4 Å². The maximum Gasteiger partial charge on any atom is 0.193 e. The summed E-state index contributed by atoms with van der Waals surface area (Å²) >= 11 is 0. The van der Waals surface area contributed by atoms with Gasteiger partial charge in [0.2, 0.25) is 0 Å². The van der Waals surface area contributed by atoms with E-state index in [0.29, 0.717) is 13.2 Å². The van der Waals surface area contributed by atoms with Crippen molar-refractivity contribution in [1.82, 2.24) is 15.2 Å². The van der Waals surface area contributed by atoms with E-state index in [0.717, 1.165) is 37.9 Å². The lowest BCUT2D eigenvalue weighted by Gasteiger charge is -2.37. The quantitative estimate of drug-likeness (QED) is 0.507. The molecular weight excluding hydrogens is 326 g/mol. The molecule has 0 amide bonds. The fraction of sp³-hybridized carbons (Fsp3) is 0.400. The third kappa shape index (κ3) is 4.88. The molecule has 2 aromatic rings. The van der Waals surface area contributed by atoms with Crippen molar-refractivity contribution in [2.24, 2.45) is 4.99 Å². The van der Waals surface area contributed by atoms with Crippen LogP contribution in [0, 0.1) is 6.92 Å². The number of aliphatic imine (C=N–C) groups is 1. The van der Waals surface area contributed by atoms with Crippen LogP contribution >= 0.6 is 0 Å². The second-order valence-electron chi connectivity index (χ2n) is 6.32. The van der Waals surface area contributed by atoms with Crippen LogP contribution in [-0.2, 0) is 0 Å². The number of nitrogens with zero attached hydrogens (tertiary/aromatic N) is 4. The Bertz CT molecular complexity index is 711. The predicted octanol–water partition coefficient (Wildman–Crippen LogP) is 2.17. The number of piperazine rings is 1. The lowest BCUT2D eigenvalue weighted by atomic mass is 10.2. The molecule has 1 aliphatic heterocycles. The number of benzene rings is 1. The molecule has 1 fully saturated rings. The summed E-state index contributed by atoms with van der Waals surface area (Å²) in [6.07, 6.45) is 3.46. The summed E-state index contributed by atoms with van der Waals surface area (Å²) < 4.78 is 5.67. The number of guanidine groups is 1. The van der Waals surface area contributed by atoms with E-state index in [1.54, 1.807) is 12.4 Å². The van der Waals surface area contributed by atoms with Crippen LogP contribution in [0.15, 0.2) is 53.8 Å². The maximum absolute atomic E-state index is 5.67. The lowest BCUT2D eigenvalue weighted by Crippen LogP contribution is -2.53. The first-order valence-corrected chi connectivity index (χ1v) is 9.06. The molecule has 6 heteroatoms. The standard InChI is InChI=1S/C20H27N5O/c1-17-5-3-6-18(15-17)24-10-12-25(13-11-24)20(21-2)23-9-14-26-19-7-4-8-22-16-19/h3-8,15-16H,9-14H2,1-2H3,(H,21,23). The number of ether oxygens (including phenoxy) is 1. The molecule has 0 radical (unpaired) electrons. The van der Waals surface area contributed by atoms with Crippen LogP contribution < -0.4 is 15.0 Å². The minimum absolute atomic E-state index is 0.577. The highest BCUT2D eigenvalue weighted by Gasteiger charge is 2.19. The van der Waals surface area contributed by atoms with Crippen LogP contribution in [0.2, 0.25) is 0 Å². The van der Waals surface area contributed by atoms with Crippen LogP contribution in [0.1, 0.15) is 5.56 Å². The Morgan fingerprint density at radius 2 is 2.04 bits per heavy atom. The zero-order valence-electron chi connectivity index (χ0n) is 15.6. The average Bonchev–Trinajstić information content (AvgIpc) is 2.69. The third-order valence-corrected chi connectivity index (χ3v) is 4.45. The molecule has 6 nitrogen and oxygen atoms in total. The molecule has 1 N–H and O–H groups in total. The smallest absolute Gasteiger partial charge is 0.193 e. The summed E-state index contributed by atoms with van der Waals surface area (Å²) in [5.74, 6) is 1.72. The fourth-order valence-corrected chi connectivity index (χ4v) is 3.10. The summed E-state index contributed by atoms with van der Waals surface area (Å²) in [5.41, 5.74) is 2.61. The molecular formula is C20H27N5O. The van der Waals surface area contributed by atoms with E-state index >= 15 is 0 Å². The van der Waals surface area contributed by atoms with Crippen molar-refractivity contribution in [3.8, 4) is 5.75 Å². The SMILES string of the molecule is CN=C(NCCOc1cccnc1)N1CCN(c2cccc(C)c2)CC1. The van der Waals surface area contributed by atoms with Crippen LogP contribution in [0.4, 0.5) is 5.69 Å². The van der Waals surface area contributed by atoms with E-state index < -0.39 is 0 Å². The molecule has 0 saturated carbocycles. The second-order valence-corrected chi connectivity index (χ2v) is 6.32. The van der Waals surface area contributed by atoms with Crippen molar-refractivity contribution in [3.05, 3.63) is 54.4 Å². The Balaban J connectivity index is 1.43. The predicted molar refractivity (Wildman–Crippen MR) is 106 cm³/mol. The van der Waals surface area contributed by atoms with Crippen molar-refractivity contribution in [2.45, 2.75) is 6.92 Å². The van der Waals surface area contributed by atoms with Crippen LogP contribution in [-0.4, -0.2) is 62.2 Å². The highest BCUT2D eigenvalue weighted by Crippen LogP contribution is 2.17. The topological polar surface area (TPSA) is 53.0 Å². The van der Waals surface area contributed by atoms with Crippen LogP contribution in [0.3, 0.4) is 0 Å². The second kappa shape index (κ2) is 9.08. The number of rotatable bonds is 5. The van der Waals surface area contributed by atoms with E-state index in [9.17, 15) is 0 Å². The maximum atomic E-state index is 5.67. The Hall–Kier alpha value is -2.76. The van der Waals surface area contributed by atoms with E-state index in [1.165, 1.54) is 11.3 Å². The summed E-state index contributed by atoms with van der Waals surface area (Å²) in [4.78, 5) is 13.2. The largest absolute Gasteiger partial charge is 0.490 e. The van der Waals surface area contributed by atoms with Crippen molar-refractivity contribution < 1.29 is 4.74 Å². The van der Waals surface area contributed by atoms with Gasteiger partial charge >= 0.3 is 0 Å². The Morgan fingerprint density at radius 3 is 2.73 bits per heavy atom. The molecule has 1 aromatic heterocycles. The first kappa shape index (κ1) is 18.0. The summed E-state index contributed by atoms with van der Waals surface area (Å²) in [7, 11) is 1.83. The van der Waals surface area contributed by atoms with E-state index in [-0.39, 0.29) is 0 Å². The number of aryl methyl sites for hydroxylation is 1. The van der Waals surface area contributed by atoms with Crippen LogP contribution in [0.5, 0.6) is 5.75 Å². The van der Waals surface area contributed by atoms with Gasteiger partial charge in [-0.25, -0.2) is 0 Å². The summed E-state index contributed by atoms with van der Waals surface area (Å²) in [6, 6.07) is 12.5. The number of nitrogens with one attached hydrogen (secondary N) is 1. The number of hydrogen-bond acceptors (Lipinski definition) is 4. The average molecular weight is 353 g/mol.